The van der Waals surface area contributed by atoms with Crippen LogP contribution in [0.5, 0.6) is 0 Å². The molecule has 0 bridgehead atoms. The van der Waals surface area contributed by atoms with Crippen molar-refractivity contribution in [3.8, 4) is 0 Å². The Morgan fingerprint density at radius 1 is 0.564 bits per heavy atom. The first kappa shape index (κ1) is 52.5. The van der Waals surface area contributed by atoms with Crippen molar-refractivity contribution in [3.05, 3.63) is 72.9 Å². The molecule has 0 rings (SSSR count). The third-order valence-corrected chi connectivity index (χ3v) is 9.56. The minimum absolute atomic E-state index is 0.0434. The fourth-order valence-corrected chi connectivity index (χ4v) is 6.18. The number of hydrogen-bond donors (Lipinski definition) is 2. The summed E-state index contributed by atoms with van der Waals surface area (Å²) < 4.78 is 32.7. The van der Waals surface area contributed by atoms with E-state index in [1.54, 1.807) is 0 Å². The Labute approximate surface area is 335 Å². The normalized spacial score (nSPS) is 14.0. The summed E-state index contributed by atoms with van der Waals surface area (Å²) in [5.41, 5.74) is 5.34. The molecule has 0 fully saturated rings. The van der Waals surface area contributed by atoms with Crippen molar-refractivity contribution < 1.29 is 37.6 Å². The van der Waals surface area contributed by atoms with Gasteiger partial charge in [0.2, 0.25) is 0 Å². The highest BCUT2D eigenvalue weighted by Crippen LogP contribution is 2.43. The molecule has 0 aliphatic carbocycles. The minimum atomic E-state index is -4.39. The number of phosphoric acid groups is 1. The molecule has 0 aromatic carbocycles. The molecule has 0 amide bonds. The van der Waals surface area contributed by atoms with E-state index in [1.807, 2.05) is 0 Å². The molecule has 316 valence electrons. The molecule has 0 aliphatic rings. The van der Waals surface area contributed by atoms with Crippen molar-refractivity contribution in [1.29, 1.82) is 0 Å². The van der Waals surface area contributed by atoms with Gasteiger partial charge in [0, 0.05) is 19.4 Å². The zero-order chi connectivity index (χ0) is 40.3. The molecule has 0 saturated heterocycles. The average molecular weight is 792 g/mol. The summed E-state index contributed by atoms with van der Waals surface area (Å²) in [5, 5.41) is 0. The van der Waals surface area contributed by atoms with E-state index in [1.165, 1.54) is 57.8 Å². The lowest BCUT2D eigenvalue weighted by atomic mass is 10.1. The van der Waals surface area contributed by atoms with Crippen molar-refractivity contribution in [2.45, 2.75) is 174 Å². The highest BCUT2D eigenvalue weighted by atomic mass is 31.2. The SMILES string of the molecule is CC/C=C/C/C=C/C/C=C/C/C=C/CCCCC(=O)OC[C@H](COP(=O)(O)OCCN)OC(=O)CCCCCCCCCCC/C=C/C/C=C/CCCCC. The van der Waals surface area contributed by atoms with Gasteiger partial charge in [0.1, 0.15) is 6.61 Å². The Morgan fingerprint density at radius 2 is 1.00 bits per heavy atom. The highest BCUT2D eigenvalue weighted by Gasteiger charge is 2.25. The van der Waals surface area contributed by atoms with Crippen molar-refractivity contribution >= 4 is 19.8 Å². The maximum atomic E-state index is 12.6. The summed E-state index contributed by atoms with van der Waals surface area (Å²) in [4.78, 5) is 34.8. The summed E-state index contributed by atoms with van der Waals surface area (Å²) >= 11 is 0. The number of ether oxygens (including phenoxy) is 2. The van der Waals surface area contributed by atoms with Crippen LogP contribution in [0.4, 0.5) is 0 Å². The molecule has 0 aromatic heterocycles. The molecule has 0 aromatic rings. The van der Waals surface area contributed by atoms with Crippen molar-refractivity contribution in [3.63, 3.8) is 0 Å². The molecule has 9 nitrogen and oxygen atoms in total. The molecule has 0 radical (unpaired) electrons. The standard InChI is InChI=1S/C45H78NO8P/c1-3-5-7-9-11-13-15-17-19-20-21-22-24-26-28-30-32-34-36-38-45(48)54-43(42-53-55(49,50)52-40-39-46)41-51-44(47)37-35-33-31-29-27-25-23-18-16-14-12-10-8-6-4-2/h6,8,11-14,17-19,23,27,29,43H,3-5,7,9-10,15-16,20-22,24-26,28,30-42,46H2,1-2H3,(H,49,50)/b8-6+,13-11+,14-12+,19-17+,23-18+,29-27+/t43-/m1/s1. The predicted molar refractivity (Wildman–Crippen MR) is 229 cm³/mol. The van der Waals surface area contributed by atoms with Gasteiger partial charge in [-0.25, -0.2) is 4.57 Å². The molecule has 55 heavy (non-hydrogen) atoms. The first-order chi connectivity index (χ1) is 26.8. The van der Waals surface area contributed by atoms with Crippen LogP contribution in [0.2, 0.25) is 0 Å². The molecule has 0 aliphatic heterocycles. The monoisotopic (exact) mass is 792 g/mol. The lowest BCUT2D eigenvalue weighted by Crippen LogP contribution is -2.29. The van der Waals surface area contributed by atoms with E-state index in [0.29, 0.717) is 12.8 Å². The van der Waals surface area contributed by atoms with E-state index in [2.05, 4.69) is 86.8 Å². The van der Waals surface area contributed by atoms with Crippen LogP contribution in [0.15, 0.2) is 72.9 Å². The Hall–Kier alpha value is -2.55. The number of hydrogen-bond acceptors (Lipinski definition) is 8. The molecule has 1 unspecified atom stereocenters. The Morgan fingerprint density at radius 3 is 1.53 bits per heavy atom. The van der Waals surface area contributed by atoms with Crippen LogP contribution in [0, 0.1) is 0 Å². The molecular weight excluding hydrogens is 713 g/mol. The second kappa shape index (κ2) is 41.1. The highest BCUT2D eigenvalue weighted by molar-refractivity contribution is 7.47. The van der Waals surface area contributed by atoms with Crippen LogP contribution in [-0.2, 0) is 32.7 Å². The van der Waals surface area contributed by atoms with E-state index in [9.17, 15) is 19.0 Å². The summed E-state index contributed by atoms with van der Waals surface area (Å²) in [6, 6.07) is 0. The maximum absolute atomic E-state index is 12.6. The van der Waals surface area contributed by atoms with E-state index in [4.69, 9.17) is 24.3 Å². The van der Waals surface area contributed by atoms with Gasteiger partial charge in [-0.1, -0.05) is 145 Å². The molecule has 10 heteroatoms. The number of phosphoric ester groups is 1. The first-order valence-electron chi connectivity index (χ1n) is 21.4. The smallest absolute Gasteiger partial charge is 0.462 e. The summed E-state index contributed by atoms with van der Waals surface area (Å²) in [6.07, 6.45) is 49.3. The molecule has 0 saturated carbocycles. The minimum Gasteiger partial charge on any atom is -0.462 e. The fraction of sp³-hybridized carbons (Fsp3) is 0.689. The Bertz CT molecular complexity index is 1130. The van der Waals surface area contributed by atoms with E-state index < -0.39 is 32.5 Å². The van der Waals surface area contributed by atoms with Crippen LogP contribution >= 0.6 is 7.82 Å². The quantitative estimate of drug-likeness (QED) is 0.0270. The van der Waals surface area contributed by atoms with E-state index >= 15 is 0 Å². The van der Waals surface area contributed by atoms with Crippen molar-refractivity contribution in [1.82, 2.24) is 0 Å². The van der Waals surface area contributed by atoms with Gasteiger partial charge >= 0.3 is 19.8 Å². The number of rotatable bonds is 39. The number of carbonyl (C=O) groups is 2. The molecule has 3 N–H and O–H groups in total. The summed E-state index contributed by atoms with van der Waals surface area (Å²) in [6.45, 7) is 3.53. The number of nitrogens with two attached hydrogens (primary N) is 1. The van der Waals surface area contributed by atoms with Gasteiger partial charge in [-0.15, -0.1) is 0 Å². The number of carbonyl (C=O) groups excluding carboxylic acids is 2. The number of unbranched alkanes of at least 4 members (excludes halogenated alkanes) is 14. The van der Waals surface area contributed by atoms with Crippen LogP contribution in [0.1, 0.15) is 168 Å². The summed E-state index contributed by atoms with van der Waals surface area (Å²) in [7, 11) is -4.39. The lowest BCUT2D eigenvalue weighted by Gasteiger charge is -2.19. The predicted octanol–water partition coefficient (Wildman–Crippen LogP) is 12.3. The van der Waals surface area contributed by atoms with Gasteiger partial charge in [-0.05, 0) is 83.5 Å². The van der Waals surface area contributed by atoms with Gasteiger partial charge in [-0.2, -0.15) is 0 Å². The van der Waals surface area contributed by atoms with Crippen LogP contribution in [-0.4, -0.2) is 49.3 Å². The van der Waals surface area contributed by atoms with Gasteiger partial charge in [0.05, 0.1) is 13.2 Å². The second-order valence-corrected chi connectivity index (χ2v) is 15.3. The third kappa shape index (κ3) is 40.9. The third-order valence-electron chi connectivity index (χ3n) is 8.58. The van der Waals surface area contributed by atoms with Gasteiger partial charge < -0.3 is 20.1 Å². The average Bonchev–Trinajstić information content (AvgIpc) is 3.17. The fourth-order valence-electron chi connectivity index (χ4n) is 5.42. The zero-order valence-corrected chi connectivity index (χ0v) is 35.5. The lowest BCUT2D eigenvalue weighted by molar-refractivity contribution is -0.161. The molecule has 0 spiro atoms. The molecular formula is C45H78NO8P. The second-order valence-electron chi connectivity index (χ2n) is 13.8. The van der Waals surface area contributed by atoms with E-state index in [0.717, 1.165) is 70.6 Å². The van der Waals surface area contributed by atoms with Crippen molar-refractivity contribution in [2.24, 2.45) is 5.73 Å². The Balaban J connectivity index is 4.23. The van der Waals surface area contributed by atoms with Gasteiger partial charge in [0.15, 0.2) is 6.10 Å². The van der Waals surface area contributed by atoms with Gasteiger partial charge in [-0.3, -0.25) is 18.6 Å². The largest absolute Gasteiger partial charge is 0.472 e. The zero-order valence-electron chi connectivity index (χ0n) is 34.6. The van der Waals surface area contributed by atoms with Crippen LogP contribution in [0.3, 0.4) is 0 Å². The first-order valence-corrected chi connectivity index (χ1v) is 22.9. The van der Waals surface area contributed by atoms with Crippen LogP contribution in [0.25, 0.3) is 0 Å². The van der Waals surface area contributed by atoms with E-state index in [-0.39, 0.29) is 32.6 Å². The van der Waals surface area contributed by atoms with Crippen molar-refractivity contribution in [2.75, 3.05) is 26.4 Å². The number of allylic oxidation sites excluding steroid dienone is 12. The number of esters is 2. The topological polar surface area (TPSA) is 134 Å². The molecule has 0 heterocycles. The summed E-state index contributed by atoms with van der Waals surface area (Å²) in [5.74, 6) is -0.888. The van der Waals surface area contributed by atoms with Crippen LogP contribution < -0.4 is 5.73 Å². The Kier molecular flexibility index (Phi) is 39.2. The molecule has 2 atom stereocenters. The van der Waals surface area contributed by atoms with Gasteiger partial charge in [0.25, 0.3) is 0 Å². The maximum Gasteiger partial charge on any atom is 0.472 e.